The van der Waals surface area contributed by atoms with Crippen LogP contribution in [0.1, 0.15) is 46.1 Å². The molecule has 1 aliphatic heterocycles. The van der Waals surface area contributed by atoms with Crippen LogP contribution in [-0.4, -0.2) is 44.7 Å². The van der Waals surface area contributed by atoms with Crippen molar-refractivity contribution in [2.24, 2.45) is 5.92 Å². The van der Waals surface area contributed by atoms with Gasteiger partial charge in [0.05, 0.1) is 0 Å². The van der Waals surface area contributed by atoms with Crippen LogP contribution in [0.3, 0.4) is 0 Å². The molecule has 25 heavy (non-hydrogen) atoms. The lowest BCUT2D eigenvalue weighted by Crippen LogP contribution is -2.56. The van der Waals surface area contributed by atoms with Crippen molar-refractivity contribution in [1.82, 2.24) is 4.90 Å². The molecule has 0 saturated carbocycles. The number of amides is 1. The maximum atomic E-state index is 12.4. The summed E-state index contributed by atoms with van der Waals surface area (Å²) in [5.41, 5.74) is 1.37. The maximum Gasteiger partial charge on any atom is 0.224 e. The van der Waals surface area contributed by atoms with E-state index < -0.39 is 11.1 Å². The Morgan fingerprint density at radius 2 is 1.84 bits per heavy atom. The Hall–Kier alpha value is -1.24. The summed E-state index contributed by atoms with van der Waals surface area (Å²) < 4.78 is 21.7. The molecule has 0 radical (unpaired) electrons. The fraction of sp³-hybridized carbons (Fsp3) is 0.632. The van der Waals surface area contributed by atoms with Gasteiger partial charge in [0, 0.05) is 43.5 Å². The fourth-order valence-corrected chi connectivity index (χ4v) is 4.17. The Bertz CT molecular complexity index is 608. The topological polar surface area (TPSA) is 63.7 Å². The molecule has 6 heteroatoms. The molecule has 140 valence electrons. The number of piperidine rings is 1. The summed E-state index contributed by atoms with van der Waals surface area (Å²) in [5, 5.41) is 0. The molecule has 0 aromatic heterocycles. The lowest BCUT2D eigenvalue weighted by atomic mass is 9.86. The minimum atomic E-state index is -2.10. The Balaban J connectivity index is 2.15. The van der Waals surface area contributed by atoms with Crippen LogP contribution in [-0.2, 0) is 21.6 Å². The van der Waals surface area contributed by atoms with Gasteiger partial charge < -0.3 is 14.4 Å². The summed E-state index contributed by atoms with van der Waals surface area (Å²) >= 11 is -2.10. The van der Waals surface area contributed by atoms with E-state index in [1.54, 1.807) is 19.1 Å². The number of rotatable bonds is 6. The van der Waals surface area contributed by atoms with Gasteiger partial charge in [0.2, 0.25) is 5.91 Å². The highest BCUT2D eigenvalue weighted by molar-refractivity contribution is 7.78. The molecular weight excluding hydrogens is 336 g/mol. The van der Waals surface area contributed by atoms with Crippen LogP contribution < -0.4 is 4.90 Å². The van der Waals surface area contributed by atoms with E-state index in [-0.39, 0.29) is 17.2 Å². The Labute approximate surface area is 153 Å². The average Bonchev–Trinajstić information content (AvgIpc) is 2.50. The third-order valence-electron chi connectivity index (χ3n) is 4.89. The SMILES string of the molecule is CC(=O)N(c1ccc(CS(=O)[O-])cc1)C1(C)CCN(CC(C)C)CC1. The third-order valence-corrected chi connectivity index (χ3v) is 5.46. The van der Waals surface area contributed by atoms with E-state index in [9.17, 15) is 13.6 Å². The molecule has 1 aliphatic rings. The van der Waals surface area contributed by atoms with Crippen LogP contribution in [0, 0.1) is 5.92 Å². The Kier molecular flexibility index (Phi) is 6.77. The minimum Gasteiger partial charge on any atom is -0.772 e. The molecule has 0 N–H and O–H groups in total. The fourth-order valence-electron chi connectivity index (χ4n) is 3.71. The first-order valence-corrected chi connectivity index (χ1v) is 10.1. The first kappa shape index (κ1) is 20.1. The second-order valence-electron chi connectivity index (χ2n) is 7.66. The van der Waals surface area contributed by atoms with Crippen LogP contribution in [0.5, 0.6) is 0 Å². The molecule has 1 aromatic carbocycles. The number of carbonyl (C=O) groups excluding carboxylic acids is 1. The van der Waals surface area contributed by atoms with Crippen molar-refractivity contribution in [2.75, 3.05) is 24.5 Å². The van der Waals surface area contributed by atoms with E-state index in [4.69, 9.17) is 0 Å². The Morgan fingerprint density at radius 3 is 2.28 bits per heavy atom. The molecule has 0 bridgehead atoms. The van der Waals surface area contributed by atoms with Gasteiger partial charge in [0.15, 0.2) is 0 Å². The van der Waals surface area contributed by atoms with Crippen molar-refractivity contribution < 1.29 is 13.6 Å². The standard InChI is InChI=1S/C19H30N2O3S/c1-15(2)13-20-11-9-19(4,10-12-20)21(16(3)22)18-7-5-17(6-8-18)14-25(23)24/h5-8,15H,9-14H2,1-4H3,(H,23,24)/p-1. The minimum absolute atomic E-state index is 0.00177. The lowest BCUT2D eigenvalue weighted by Gasteiger charge is -2.46. The summed E-state index contributed by atoms with van der Waals surface area (Å²) in [5.74, 6) is 0.675. The molecule has 1 heterocycles. The molecule has 5 nitrogen and oxygen atoms in total. The van der Waals surface area contributed by atoms with Crippen LogP contribution >= 0.6 is 0 Å². The van der Waals surface area contributed by atoms with Gasteiger partial charge in [-0.05, 0) is 43.4 Å². The normalized spacial score (nSPS) is 19.0. The van der Waals surface area contributed by atoms with Gasteiger partial charge in [-0.15, -0.1) is 0 Å². The molecule has 1 atom stereocenters. The molecule has 2 rings (SSSR count). The molecule has 1 unspecified atom stereocenters. The molecule has 1 amide bonds. The summed E-state index contributed by atoms with van der Waals surface area (Å²) in [4.78, 5) is 16.7. The van der Waals surface area contributed by atoms with Crippen molar-refractivity contribution in [1.29, 1.82) is 0 Å². The maximum absolute atomic E-state index is 12.4. The zero-order valence-corrected chi connectivity index (χ0v) is 16.5. The number of hydrogen-bond acceptors (Lipinski definition) is 4. The largest absolute Gasteiger partial charge is 0.772 e. The molecular formula is C19H29N2O3S-. The smallest absolute Gasteiger partial charge is 0.224 e. The number of anilines is 1. The van der Waals surface area contributed by atoms with E-state index in [0.29, 0.717) is 5.92 Å². The van der Waals surface area contributed by atoms with Crippen molar-refractivity contribution in [2.45, 2.75) is 51.8 Å². The highest BCUT2D eigenvalue weighted by Gasteiger charge is 2.38. The quantitative estimate of drug-likeness (QED) is 0.727. The van der Waals surface area contributed by atoms with Crippen molar-refractivity contribution >= 4 is 22.7 Å². The third kappa shape index (κ3) is 5.36. The van der Waals surface area contributed by atoms with Gasteiger partial charge in [-0.3, -0.25) is 9.00 Å². The van der Waals surface area contributed by atoms with Gasteiger partial charge in [0.25, 0.3) is 0 Å². The van der Waals surface area contributed by atoms with Crippen molar-refractivity contribution in [3.05, 3.63) is 29.8 Å². The first-order valence-electron chi connectivity index (χ1n) is 8.89. The van der Waals surface area contributed by atoms with E-state index in [1.165, 1.54) is 0 Å². The lowest BCUT2D eigenvalue weighted by molar-refractivity contribution is -0.118. The monoisotopic (exact) mass is 365 g/mol. The summed E-state index contributed by atoms with van der Waals surface area (Å²) in [6.07, 6.45) is 1.87. The van der Waals surface area contributed by atoms with Crippen LogP contribution in [0.15, 0.2) is 24.3 Å². The van der Waals surface area contributed by atoms with Gasteiger partial charge in [-0.2, -0.15) is 0 Å². The highest BCUT2D eigenvalue weighted by atomic mass is 32.2. The van der Waals surface area contributed by atoms with Crippen LogP contribution in [0.4, 0.5) is 5.69 Å². The van der Waals surface area contributed by atoms with Crippen LogP contribution in [0.2, 0.25) is 0 Å². The average molecular weight is 366 g/mol. The summed E-state index contributed by atoms with van der Waals surface area (Å²) in [7, 11) is 0. The van der Waals surface area contributed by atoms with Gasteiger partial charge in [-0.1, -0.05) is 37.1 Å². The van der Waals surface area contributed by atoms with E-state index >= 15 is 0 Å². The molecule has 0 spiro atoms. The van der Waals surface area contributed by atoms with Crippen molar-refractivity contribution in [3.8, 4) is 0 Å². The Morgan fingerprint density at radius 1 is 1.28 bits per heavy atom. The highest BCUT2D eigenvalue weighted by Crippen LogP contribution is 2.33. The predicted octanol–water partition coefficient (Wildman–Crippen LogP) is 2.93. The first-order chi connectivity index (χ1) is 11.7. The second-order valence-corrected chi connectivity index (χ2v) is 8.56. The van der Waals surface area contributed by atoms with E-state index in [0.717, 1.165) is 43.7 Å². The molecule has 1 saturated heterocycles. The van der Waals surface area contributed by atoms with E-state index in [1.807, 2.05) is 17.0 Å². The molecule has 1 fully saturated rings. The summed E-state index contributed by atoms with van der Waals surface area (Å²) in [6.45, 7) is 11.3. The molecule has 0 aliphatic carbocycles. The number of carbonyl (C=O) groups is 1. The predicted molar refractivity (Wildman–Crippen MR) is 101 cm³/mol. The zero-order chi connectivity index (χ0) is 18.6. The number of nitrogens with zero attached hydrogens (tertiary/aromatic N) is 2. The zero-order valence-electron chi connectivity index (χ0n) is 15.7. The van der Waals surface area contributed by atoms with Gasteiger partial charge in [0.1, 0.15) is 0 Å². The van der Waals surface area contributed by atoms with Gasteiger partial charge >= 0.3 is 0 Å². The number of hydrogen-bond donors (Lipinski definition) is 0. The summed E-state index contributed by atoms with van der Waals surface area (Å²) in [6, 6.07) is 7.29. The van der Waals surface area contributed by atoms with E-state index in [2.05, 4.69) is 25.7 Å². The molecule has 1 aromatic rings. The van der Waals surface area contributed by atoms with Crippen LogP contribution in [0.25, 0.3) is 0 Å². The van der Waals surface area contributed by atoms with Crippen molar-refractivity contribution in [3.63, 3.8) is 0 Å². The number of benzene rings is 1. The second kappa shape index (κ2) is 8.43. The van der Waals surface area contributed by atoms with Gasteiger partial charge in [-0.25, -0.2) is 0 Å². The number of likely N-dealkylation sites (tertiary alicyclic amines) is 1.